The molecule has 178 valence electrons. The topological polar surface area (TPSA) is 26.3 Å². The summed E-state index contributed by atoms with van der Waals surface area (Å²) in [5.74, 6) is -0.283. The van der Waals surface area contributed by atoms with E-state index < -0.39 is 15.1 Å². The number of unbranched alkanes of at least 4 members (excludes halogenated alkanes) is 17. The van der Waals surface area contributed by atoms with Crippen LogP contribution >= 0.6 is 0 Å². The van der Waals surface area contributed by atoms with Crippen LogP contribution in [0.15, 0.2) is 12.2 Å². The third-order valence-electron chi connectivity index (χ3n) is 5.44. The van der Waals surface area contributed by atoms with Crippen molar-refractivity contribution in [2.75, 3.05) is 6.61 Å². The van der Waals surface area contributed by atoms with Crippen molar-refractivity contribution in [3.63, 3.8) is 0 Å². The van der Waals surface area contributed by atoms with Gasteiger partial charge in [-0.3, -0.25) is 0 Å². The fraction of sp³-hybridized carbons (Fsp3) is 0.875. The average Bonchev–Trinajstić information content (AvgIpc) is 2.68. The van der Waals surface area contributed by atoms with Crippen LogP contribution in [-0.2, 0) is 9.53 Å². The number of halogens is 3. The lowest BCUT2D eigenvalue weighted by Crippen LogP contribution is -2.13. The van der Waals surface area contributed by atoms with E-state index in [1.807, 2.05) is 0 Å². The summed E-state index contributed by atoms with van der Waals surface area (Å²) in [5.41, 5.74) is 0.465. The third-order valence-corrected chi connectivity index (χ3v) is 6.36. The highest BCUT2D eigenvalue weighted by Gasteiger charge is 2.35. The Morgan fingerprint density at radius 2 is 0.933 bits per heavy atom. The minimum Gasteiger partial charge on any atom is -0.462 e. The van der Waals surface area contributed by atoms with E-state index in [0.717, 1.165) is 32.1 Å². The van der Waals surface area contributed by atoms with Gasteiger partial charge in [0.1, 0.15) is 0 Å². The van der Waals surface area contributed by atoms with Crippen LogP contribution in [0, 0.1) is 0 Å². The fourth-order valence-corrected chi connectivity index (χ4v) is 4.19. The molecule has 0 bridgehead atoms. The van der Waals surface area contributed by atoms with E-state index in [2.05, 4.69) is 6.58 Å². The molecule has 0 aromatic rings. The van der Waals surface area contributed by atoms with Gasteiger partial charge in [-0.1, -0.05) is 109 Å². The molecule has 0 aromatic heterocycles. The molecule has 0 unspecified atom stereocenters. The number of rotatable bonds is 22. The highest BCUT2D eigenvalue weighted by atomic mass is 28.5. The molecule has 0 radical (unpaired) electrons. The number of carbonyl (C=O) groups is 1. The molecule has 0 heterocycles. The Kier molecular flexibility index (Phi) is 19.6. The largest absolute Gasteiger partial charge is 0.616 e. The molecule has 0 rings (SSSR count). The first-order valence-electron chi connectivity index (χ1n) is 12.2. The molecule has 30 heavy (non-hydrogen) atoms. The van der Waals surface area contributed by atoms with Crippen LogP contribution in [0.5, 0.6) is 0 Å². The molecule has 2 nitrogen and oxygen atoms in total. The zero-order chi connectivity index (χ0) is 22.5. The minimum absolute atomic E-state index is 0.283. The van der Waals surface area contributed by atoms with Crippen LogP contribution in [-0.4, -0.2) is 21.7 Å². The first kappa shape index (κ1) is 29.2. The second-order valence-electron chi connectivity index (χ2n) is 8.65. The van der Waals surface area contributed by atoms with Crippen LogP contribution < -0.4 is 0 Å². The molecule has 0 aromatic carbocycles. The lowest BCUT2D eigenvalue weighted by Gasteiger charge is -2.05. The van der Waals surface area contributed by atoms with Crippen molar-refractivity contribution in [2.24, 2.45) is 0 Å². The van der Waals surface area contributed by atoms with E-state index in [1.54, 1.807) is 6.92 Å². The summed E-state index contributed by atoms with van der Waals surface area (Å²) < 4.78 is 41.5. The van der Waals surface area contributed by atoms with Crippen LogP contribution in [0.25, 0.3) is 0 Å². The van der Waals surface area contributed by atoms with Gasteiger partial charge in [0.25, 0.3) is 0 Å². The van der Waals surface area contributed by atoms with E-state index >= 15 is 0 Å². The normalized spacial score (nSPS) is 11.6. The fourth-order valence-electron chi connectivity index (χ4n) is 3.54. The van der Waals surface area contributed by atoms with Gasteiger partial charge >= 0.3 is 15.0 Å². The highest BCUT2D eigenvalue weighted by molar-refractivity contribution is 6.58. The summed E-state index contributed by atoms with van der Waals surface area (Å²) in [5, 5.41) is 0. The van der Waals surface area contributed by atoms with E-state index in [-0.39, 0.29) is 5.97 Å². The molecule has 0 fully saturated rings. The Balaban J connectivity index is 3.10. The van der Waals surface area contributed by atoms with Crippen molar-refractivity contribution in [3.8, 4) is 0 Å². The molecular weight excluding hydrogens is 405 g/mol. The number of hydrogen-bond acceptors (Lipinski definition) is 2. The van der Waals surface area contributed by atoms with Crippen molar-refractivity contribution in [1.29, 1.82) is 0 Å². The number of carbonyl (C=O) groups excluding carboxylic acids is 1. The first-order valence-corrected chi connectivity index (χ1v) is 14.1. The van der Waals surface area contributed by atoms with Gasteiger partial charge in [-0.25, -0.2) is 17.1 Å². The second kappa shape index (κ2) is 20.1. The Labute approximate surface area is 184 Å². The lowest BCUT2D eigenvalue weighted by atomic mass is 10.0. The van der Waals surface area contributed by atoms with Gasteiger partial charge < -0.3 is 4.74 Å². The van der Waals surface area contributed by atoms with Gasteiger partial charge in [-0.05, 0) is 19.8 Å². The summed E-state index contributed by atoms with van der Waals surface area (Å²) in [7, 11) is -5.29. The Morgan fingerprint density at radius 3 is 1.23 bits per heavy atom. The van der Waals surface area contributed by atoms with Gasteiger partial charge in [-0.2, -0.15) is 0 Å². The standard InChI is InChI=1S/C24H45F3O2Si/c1-23(2)24(28)29-21-19-17-15-13-11-9-7-5-3-4-6-8-10-12-14-16-18-20-22-30(25,26)27/h1,3-22H2,2H3. The van der Waals surface area contributed by atoms with E-state index in [0.29, 0.717) is 18.6 Å². The molecule has 0 amide bonds. The molecule has 0 N–H and O–H groups in total. The average molecular weight is 451 g/mol. The number of esters is 1. The molecule has 0 spiro atoms. The van der Waals surface area contributed by atoms with Crippen molar-refractivity contribution < 1.29 is 21.9 Å². The monoisotopic (exact) mass is 450 g/mol. The van der Waals surface area contributed by atoms with E-state index in [1.165, 1.54) is 77.0 Å². The van der Waals surface area contributed by atoms with Crippen LogP contribution in [0.2, 0.25) is 6.04 Å². The molecule has 0 saturated heterocycles. The van der Waals surface area contributed by atoms with Crippen LogP contribution in [0.4, 0.5) is 12.3 Å². The predicted molar refractivity (Wildman–Crippen MR) is 123 cm³/mol. The van der Waals surface area contributed by atoms with Crippen LogP contribution in [0.1, 0.15) is 122 Å². The summed E-state index contributed by atoms with van der Waals surface area (Å²) in [6.07, 6.45) is 20.6. The quantitative estimate of drug-likeness (QED) is 0.0541. The van der Waals surface area contributed by atoms with Crippen molar-refractivity contribution in [2.45, 2.75) is 129 Å². The SMILES string of the molecule is C=C(C)C(=O)OCCCCCCCCCCCCCCCCCCCC[Si](F)(F)F. The second-order valence-corrected chi connectivity index (χ2v) is 10.4. The van der Waals surface area contributed by atoms with E-state index in [9.17, 15) is 17.1 Å². The number of ether oxygens (including phenoxy) is 1. The van der Waals surface area contributed by atoms with Gasteiger partial charge in [-0.15, -0.1) is 0 Å². The van der Waals surface area contributed by atoms with Gasteiger partial charge in [0.2, 0.25) is 0 Å². The third kappa shape index (κ3) is 23.5. The molecule has 0 aliphatic carbocycles. The molecule has 0 aliphatic heterocycles. The van der Waals surface area contributed by atoms with Crippen LogP contribution in [0.3, 0.4) is 0 Å². The van der Waals surface area contributed by atoms with Gasteiger partial charge in [0.05, 0.1) is 6.61 Å². The van der Waals surface area contributed by atoms with Crippen molar-refractivity contribution in [3.05, 3.63) is 12.2 Å². The van der Waals surface area contributed by atoms with Gasteiger partial charge in [0, 0.05) is 11.6 Å². The Bertz CT molecular complexity index is 425. The summed E-state index contributed by atoms with van der Waals surface area (Å²) in [4.78, 5) is 11.2. The highest BCUT2D eigenvalue weighted by Crippen LogP contribution is 2.20. The number of hydrogen-bond donors (Lipinski definition) is 0. The zero-order valence-corrected chi connectivity index (χ0v) is 20.3. The molecule has 6 heteroatoms. The minimum atomic E-state index is -5.29. The Hall–Kier alpha value is -0.783. The lowest BCUT2D eigenvalue weighted by molar-refractivity contribution is -0.139. The van der Waals surface area contributed by atoms with Crippen molar-refractivity contribution >= 4 is 15.0 Å². The van der Waals surface area contributed by atoms with Gasteiger partial charge in [0.15, 0.2) is 0 Å². The zero-order valence-electron chi connectivity index (χ0n) is 19.3. The first-order chi connectivity index (χ1) is 14.3. The molecular formula is C24H45F3O2Si. The molecule has 0 aliphatic rings. The summed E-state index contributed by atoms with van der Waals surface area (Å²) in [6, 6.07) is -0.484. The maximum absolute atomic E-state index is 12.2. The smallest absolute Gasteiger partial charge is 0.462 e. The predicted octanol–water partition coefficient (Wildman–Crippen LogP) is 8.97. The summed E-state index contributed by atoms with van der Waals surface area (Å²) in [6.45, 7) is 5.74. The van der Waals surface area contributed by atoms with E-state index in [4.69, 9.17) is 4.74 Å². The Morgan fingerprint density at radius 1 is 0.633 bits per heavy atom. The molecule has 0 atom stereocenters. The maximum atomic E-state index is 12.2. The molecule has 0 saturated carbocycles. The summed E-state index contributed by atoms with van der Waals surface area (Å²) >= 11 is 0. The maximum Gasteiger partial charge on any atom is 0.616 e. The van der Waals surface area contributed by atoms with Crippen molar-refractivity contribution in [1.82, 2.24) is 0 Å².